The number of rotatable bonds is 8. The Labute approximate surface area is 106 Å². The van der Waals surface area contributed by atoms with Crippen LogP contribution in [0.5, 0.6) is 0 Å². The summed E-state index contributed by atoms with van der Waals surface area (Å²) >= 11 is 0. The molecule has 7 nitrogen and oxygen atoms in total. The zero-order valence-electron chi connectivity index (χ0n) is 10.2. The Balaban J connectivity index is 4.33. The quantitative estimate of drug-likeness (QED) is 0.416. The molecule has 0 bridgehead atoms. The number of ketones is 1. The van der Waals surface area contributed by atoms with E-state index in [9.17, 15) is 26.4 Å². The van der Waals surface area contributed by atoms with Crippen LogP contribution in [-0.2, 0) is 34.0 Å². The molecule has 0 aromatic heterocycles. The number of carbonyl (C=O) groups is 2. The lowest BCUT2D eigenvalue weighted by Crippen LogP contribution is -2.25. The van der Waals surface area contributed by atoms with Gasteiger partial charge in [-0.2, -0.15) is 0 Å². The fourth-order valence-corrected chi connectivity index (χ4v) is 3.98. The van der Waals surface area contributed by atoms with Crippen LogP contribution in [0.15, 0.2) is 0 Å². The standard InChI is InChI=1S/C9H16O7S2/c1-3-16-9(11)6-8(10)7-18(14,15)5-4-17(2,12)13/h3-7H2,1-2H3. The van der Waals surface area contributed by atoms with Crippen LogP contribution in [-0.4, -0.2) is 58.7 Å². The van der Waals surface area contributed by atoms with E-state index in [2.05, 4.69) is 4.74 Å². The van der Waals surface area contributed by atoms with Gasteiger partial charge in [0, 0.05) is 6.26 Å². The summed E-state index contributed by atoms with van der Waals surface area (Å²) in [6.07, 6.45) is 0.287. The van der Waals surface area contributed by atoms with Gasteiger partial charge in [-0.3, -0.25) is 9.59 Å². The molecule has 9 heteroatoms. The summed E-state index contributed by atoms with van der Waals surface area (Å²) in [5, 5.41) is 0. The first-order chi connectivity index (χ1) is 8.06. The summed E-state index contributed by atoms with van der Waals surface area (Å²) in [5.41, 5.74) is 0. The Morgan fingerprint density at radius 3 is 2.06 bits per heavy atom. The minimum Gasteiger partial charge on any atom is -0.466 e. The van der Waals surface area contributed by atoms with Crippen molar-refractivity contribution in [2.24, 2.45) is 0 Å². The molecule has 0 rings (SSSR count). The molecule has 0 saturated heterocycles. The second kappa shape index (κ2) is 6.83. The third-order valence-corrected chi connectivity index (χ3v) is 4.58. The summed E-state index contributed by atoms with van der Waals surface area (Å²) in [6.45, 7) is 1.66. The van der Waals surface area contributed by atoms with Crippen LogP contribution >= 0.6 is 0 Å². The average Bonchev–Trinajstić information content (AvgIpc) is 2.13. The number of esters is 1. The van der Waals surface area contributed by atoms with E-state index in [1.165, 1.54) is 0 Å². The molecule has 0 unspecified atom stereocenters. The fourth-order valence-electron chi connectivity index (χ4n) is 1.02. The average molecular weight is 300 g/mol. The topological polar surface area (TPSA) is 112 Å². The summed E-state index contributed by atoms with van der Waals surface area (Å²) in [5.74, 6) is -3.60. The molecule has 0 atom stereocenters. The maximum atomic E-state index is 11.4. The fraction of sp³-hybridized carbons (Fsp3) is 0.778. The van der Waals surface area contributed by atoms with Gasteiger partial charge in [0.05, 0.1) is 18.1 Å². The number of hydrogen-bond acceptors (Lipinski definition) is 7. The highest BCUT2D eigenvalue weighted by Gasteiger charge is 2.21. The first kappa shape index (κ1) is 17.0. The first-order valence-electron chi connectivity index (χ1n) is 5.11. The molecule has 106 valence electrons. The smallest absolute Gasteiger partial charge is 0.313 e. The van der Waals surface area contributed by atoms with Gasteiger partial charge < -0.3 is 4.74 Å². The zero-order valence-corrected chi connectivity index (χ0v) is 11.8. The first-order valence-corrected chi connectivity index (χ1v) is 8.99. The molecule has 0 aliphatic heterocycles. The monoisotopic (exact) mass is 300 g/mol. The van der Waals surface area contributed by atoms with Crippen molar-refractivity contribution >= 4 is 31.4 Å². The lowest BCUT2D eigenvalue weighted by Gasteiger charge is -2.03. The van der Waals surface area contributed by atoms with Crippen LogP contribution in [0.2, 0.25) is 0 Å². The van der Waals surface area contributed by atoms with Crippen molar-refractivity contribution in [3.8, 4) is 0 Å². The van der Waals surface area contributed by atoms with E-state index in [4.69, 9.17) is 0 Å². The van der Waals surface area contributed by atoms with Gasteiger partial charge in [0.15, 0.2) is 15.6 Å². The van der Waals surface area contributed by atoms with Crippen molar-refractivity contribution in [2.75, 3.05) is 30.1 Å². The maximum Gasteiger partial charge on any atom is 0.313 e. The maximum absolute atomic E-state index is 11.4. The van der Waals surface area contributed by atoms with Gasteiger partial charge in [-0.05, 0) is 6.92 Å². The molecule has 0 aromatic carbocycles. The van der Waals surface area contributed by atoms with Crippen LogP contribution in [0.25, 0.3) is 0 Å². The molecular formula is C9H16O7S2. The van der Waals surface area contributed by atoms with Crippen molar-refractivity contribution in [1.29, 1.82) is 0 Å². The molecule has 18 heavy (non-hydrogen) atoms. The van der Waals surface area contributed by atoms with Crippen LogP contribution in [0.4, 0.5) is 0 Å². The Bertz CT molecular complexity index is 501. The highest BCUT2D eigenvalue weighted by molar-refractivity contribution is 7.95. The van der Waals surface area contributed by atoms with E-state index in [1.807, 2.05) is 0 Å². The van der Waals surface area contributed by atoms with Gasteiger partial charge in [0.25, 0.3) is 0 Å². The van der Waals surface area contributed by atoms with Crippen molar-refractivity contribution in [1.82, 2.24) is 0 Å². The van der Waals surface area contributed by atoms with Gasteiger partial charge in [-0.25, -0.2) is 16.8 Å². The van der Waals surface area contributed by atoms with Crippen molar-refractivity contribution < 1.29 is 31.2 Å². The normalized spacial score (nSPS) is 12.1. The molecule has 0 amide bonds. The van der Waals surface area contributed by atoms with E-state index in [0.29, 0.717) is 0 Å². The molecule has 0 aliphatic rings. The molecule has 0 aromatic rings. The van der Waals surface area contributed by atoms with Gasteiger partial charge in [0.1, 0.15) is 22.0 Å². The van der Waals surface area contributed by atoms with Gasteiger partial charge >= 0.3 is 5.97 Å². The Morgan fingerprint density at radius 1 is 1.06 bits per heavy atom. The molecule has 0 aliphatic carbocycles. The Hall–Kier alpha value is -0.960. The van der Waals surface area contributed by atoms with Crippen molar-refractivity contribution in [3.63, 3.8) is 0 Å². The number of Topliss-reactive ketones (excluding diaryl/α,β-unsaturated/α-hetero) is 1. The molecular weight excluding hydrogens is 284 g/mol. The molecule has 0 heterocycles. The van der Waals surface area contributed by atoms with E-state index in [-0.39, 0.29) is 6.61 Å². The second-order valence-electron chi connectivity index (χ2n) is 3.74. The minimum absolute atomic E-state index is 0.104. The lowest BCUT2D eigenvalue weighted by molar-refractivity contribution is -0.145. The number of carbonyl (C=O) groups excluding carboxylic acids is 2. The molecule has 0 saturated carbocycles. The summed E-state index contributed by atoms with van der Waals surface area (Å²) in [7, 11) is -7.22. The Kier molecular flexibility index (Phi) is 6.47. The Morgan fingerprint density at radius 2 is 1.61 bits per heavy atom. The summed E-state index contributed by atoms with van der Waals surface area (Å²) in [4.78, 5) is 22.2. The van der Waals surface area contributed by atoms with Crippen LogP contribution in [0.3, 0.4) is 0 Å². The lowest BCUT2D eigenvalue weighted by atomic mass is 10.3. The summed E-state index contributed by atoms with van der Waals surface area (Å²) < 4.78 is 48.9. The molecule has 0 radical (unpaired) electrons. The van der Waals surface area contributed by atoms with Crippen molar-refractivity contribution in [2.45, 2.75) is 13.3 Å². The predicted molar refractivity (Wildman–Crippen MR) is 64.6 cm³/mol. The zero-order chi connectivity index (χ0) is 14.4. The third kappa shape index (κ3) is 9.11. The molecule has 0 spiro atoms. The third-order valence-electron chi connectivity index (χ3n) is 1.79. The van der Waals surface area contributed by atoms with Crippen LogP contribution < -0.4 is 0 Å². The number of hydrogen-bond donors (Lipinski definition) is 0. The minimum atomic E-state index is -3.81. The number of ether oxygens (including phenoxy) is 1. The van der Waals surface area contributed by atoms with E-state index in [1.54, 1.807) is 6.92 Å². The highest BCUT2D eigenvalue weighted by atomic mass is 32.2. The van der Waals surface area contributed by atoms with E-state index >= 15 is 0 Å². The van der Waals surface area contributed by atoms with Crippen LogP contribution in [0, 0.1) is 0 Å². The van der Waals surface area contributed by atoms with Gasteiger partial charge in [0.2, 0.25) is 0 Å². The number of sulfone groups is 2. The second-order valence-corrected chi connectivity index (χ2v) is 8.19. The molecule has 0 fully saturated rings. The van der Waals surface area contributed by atoms with Gasteiger partial charge in [-0.1, -0.05) is 0 Å². The van der Waals surface area contributed by atoms with E-state index < -0.39 is 55.1 Å². The van der Waals surface area contributed by atoms with Gasteiger partial charge in [-0.15, -0.1) is 0 Å². The SMILES string of the molecule is CCOC(=O)CC(=O)CS(=O)(=O)CCS(C)(=O)=O. The van der Waals surface area contributed by atoms with Crippen LogP contribution in [0.1, 0.15) is 13.3 Å². The predicted octanol–water partition coefficient (Wildman–Crippen LogP) is -1.03. The molecule has 0 N–H and O–H groups in total. The summed E-state index contributed by atoms with van der Waals surface area (Å²) in [6, 6.07) is 0. The largest absolute Gasteiger partial charge is 0.466 e. The van der Waals surface area contributed by atoms with E-state index in [0.717, 1.165) is 6.26 Å². The highest BCUT2D eigenvalue weighted by Crippen LogP contribution is 1.98. The van der Waals surface area contributed by atoms with Crippen molar-refractivity contribution in [3.05, 3.63) is 0 Å².